The average Bonchev–Trinajstić information content (AvgIpc) is 2.35. The van der Waals surface area contributed by atoms with Crippen LogP contribution < -0.4 is 5.73 Å². The van der Waals surface area contributed by atoms with E-state index >= 15 is 0 Å². The zero-order chi connectivity index (χ0) is 12.0. The third-order valence-electron chi connectivity index (χ3n) is 3.38. The molecule has 1 atom stereocenters. The molecule has 1 saturated heterocycles. The number of nitrogens with one attached hydrogen (secondary N) is 1. The Hall–Kier alpha value is -0.870. The molecule has 0 amide bonds. The Morgan fingerprint density at radius 3 is 2.94 bits per heavy atom. The van der Waals surface area contributed by atoms with Crippen LogP contribution in [0.3, 0.4) is 0 Å². The maximum absolute atomic E-state index is 7.23. The number of likely N-dealkylation sites (tertiary alicyclic amines) is 1. The molecule has 4 nitrogen and oxygen atoms in total. The Balaban J connectivity index is 2.46. The van der Waals surface area contributed by atoms with Crippen LogP contribution in [0.25, 0.3) is 0 Å². The van der Waals surface area contributed by atoms with Gasteiger partial charge in [-0.1, -0.05) is 6.92 Å². The standard InChI is InChI=1S/C12H24N4/c1-3-16-6-4-5-12(10-16)15(2)9-11(7-13)8-14/h7-8,12-13H,3-6,9-10,14H2,1-2H3/b11-8+,13-7?. The van der Waals surface area contributed by atoms with Crippen molar-refractivity contribution in [1.29, 1.82) is 5.41 Å². The number of rotatable bonds is 5. The number of likely N-dealkylation sites (N-methyl/N-ethyl adjacent to an activating group) is 2. The van der Waals surface area contributed by atoms with Gasteiger partial charge in [-0.3, -0.25) is 4.90 Å². The van der Waals surface area contributed by atoms with Crippen LogP contribution in [0, 0.1) is 5.41 Å². The monoisotopic (exact) mass is 224 g/mol. The second kappa shape index (κ2) is 6.66. The van der Waals surface area contributed by atoms with Gasteiger partial charge in [0.15, 0.2) is 0 Å². The zero-order valence-corrected chi connectivity index (χ0v) is 10.4. The second-order valence-corrected chi connectivity index (χ2v) is 4.49. The Morgan fingerprint density at radius 1 is 1.62 bits per heavy atom. The number of nitrogens with two attached hydrogens (primary N) is 1. The molecule has 0 spiro atoms. The topological polar surface area (TPSA) is 56.4 Å². The summed E-state index contributed by atoms with van der Waals surface area (Å²) in [5, 5.41) is 7.23. The molecule has 3 N–H and O–H groups in total. The van der Waals surface area contributed by atoms with E-state index in [-0.39, 0.29) is 0 Å². The first-order chi connectivity index (χ1) is 7.71. The van der Waals surface area contributed by atoms with Gasteiger partial charge in [-0.05, 0) is 44.8 Å². The Kier molecular flexibility index (Phi) is 5.49. The first-order valence-corrected chi connectivity index (χ1v) is 6.05. The van der Waals surface area contributed by atoms with Crippen LogP contribution in [0.5, 0.6) is 0 Å². The van der Waals surface area contributed by atoms with Gasteiger partial charge in [0.2, 0.25) is 0 Å². The van der Waals surface area contributed by atoms with Gasteiger partial charge in [0.05, 0.1) is 0 Å². The zero-order valence-electron chi connectivity index (χ0n) is 10.4. The molecule has 1 aliphatic heterocycles. The molecule has 92 valence electrons. The maximum Gasteiger partial charge on any atom is 0.0263 e. The van der Waals surface area contributed by atoms with Crippen molar-refractivity contribution < 1.29 is 0 Å². The first kappa shape index (κ1) is 13.2. The highest BCUT2D eigenvalue weighted by molar-refractivity contribution is 5.75. The summed E-state index contributed by atoms with van der Waals surface area (Å²) in [4.78, 5) is 4.80. The van der Waals surface area contributed by atoms with Crippen LogP contribution >= 0.6 is 0 Å². The minimum absolute atomic E-state index is 0.601. The molecule has 1 unspecified atom stereocenters. The van der Waals surface area contributed by atoms with Crippen LogP contribution in [-0.2, 0) is 0 Å². The van der Waals surface area contributed by atoms with Crippen molar-refractivity contribution in [1.82, 2.24) is 9.80 Å². The fraction of sp³-hybridized carbons (Fsp3) is 0.750. The lowest BCUT2D eigenvalue weighted by Crippen LogP contribution is -2.46. The smallest absolute Gasteiger partial charge is 0.0263 e. The van der Waals surface area contributed by atoms with Crippen molar-refractivity contribution in [2.24, 2.45) is 5.73 Å². The van der Waals surface area contributed by atoms with Gasteiger partial charge in [0, 0.05) is 25.3 Å². The molecule has 0 aromatic rings. The van der Waals surface area contributed by atoms with Gasteiger partial charge in [0.25, 0.3) is 0 Å². The third-order valence-corrected chi connectivity index (χ3v) is 3.38. The van der Waals surface area contributed by atoms with E-state index in [0.29, 0.717) is 6.04 Å². The van der Waals surface area contributed by atoms with Crippen molar-refractivity contribution in [2.45, 2.75) is 25.8 Å². The van der Waals surface area contributed by atoms with Gasteiger partial charge in [-0.2, -0.15) is 0 Å². The second-order valence-electron chi connectivity index (χ2n) is 4.49. The highest BCUT2D eigenvalue weighted by Crippen LogP contribution is 2.15. The summed E-state index contributed by atoms with van der Waals surface area (Å²) in [6, 6.07) is 0.601. The molecule has 0 bridgehead atoms. The third kappa shape index (κ3) is 3.61. The Labute approximate surface area is 98.6 Å². The van der Waals surface area contributed by atoms with Crippen molar-refractivity contribution in [3.05, 3.63) is 11.8 Å². The van der Waals surface area contributed by atoms with Gasteiger partial charge in [0.1, 0.15) is 0 Å². The van der Waals surface area contributed by atoms with E-state index < -0.39 is 0 Å². The molecule has 0 radical (unpaired) electrons. The van der Waals surface area contributed by atoms with Crippen LogP contribution in [-0.4, -0.2) is 55.3 Å². The molecule has 0 aromatic carbocycles. The summed E-state index contributed by atoms with van der Waals surface area (Å²) in [5.74, 6) is 0. The first-order valence-electron chi connectivity index (χ1n) is 6.05. The fourth-order valence-electron chi connectivity index (χ4n) is 2.24. The van der Waals surface area contributed by atoms with Gasteiger partial charge >= 0.3 is 0 Å². The number of hydrogen-bond acceptors (Lipinski definition) is 4. The van der Waals surface area contributed by atoms with E-state index in [1.807, 2.05) is 0 Å². The Morgan fingerprint density at radius 2 is 2.38 bits per heavy atom. The summed E-state index contributed by atoms with van der Waals surface area (Å²) in [7, 11) is 2.12. The minimum atomic E-state index is 0.601. The maximum atomic E-state index is 7.23. The van der Waals surface area contributed by atoms with Crippen LogP contribution in [0.4, 0.5) is 0 Å². The lowest BCUT2D eigenvalue weighted by atomic mass is 10.0. The summed E-state index contributed by atoms with van der Waals surface area (Å²) < 4.78 is 0. The van der Waals surface area contributed by atoms with Crippen molar-refractivity contribution in [2.75, 3.05) is 33.2 Å². The SMILES string of the molecule is CCN1CCCC(N(C)C/C(C=N)=C/N)C1. The summed E-state index contributed by atoms with van der Waals surface area (Å²) in [5.41, 5.74) is 6.35. The van der Waals surface area contributed by atoms with Crippen LogP contribution in [0.15, 0.2) is 11.8 Å². The summed E-state index contributed by atoms with van der Waals surface area (Å²) in [6.07, 6.45) is 5.40. The summed E-state index contributed by atoms with van der Waals surface area (Å²) >= 11 is 0. The molecular weight excluding hydrogens is 200 g/mol. The van der Waals surface area contributed by atoms with Gasteiger partial charge in [-0.25, -0.2) is 0 Å². The molecule has 0 aromatic heterocycles. The average molecular weight is 224 g/mol. The number of hydrogen-bond donors (Lipinski definition) is 2. The molecule has 0 saturated carbocycles. The quantitative estimate of drug-likeness (QED) is 0.682. The minimum Gasteiger partial charge on any atom is -0.404 e. The molecule has 4 heteroatoms. The lowest BCUT2D eigenvalue weighted by molar-refractivity contribution is 0.128. The number of piperidine rings is 1. The molecular formula is C12H24N4. The van der Waals surface area contributed by atoms with E-state index in [9.17, 15) is 0 Å². The molecule has 0 aliphatic carbocycles. The van der Waals surface area contributed by atoms with Crippen molar-refractivity contribution >= 4 is 6.21 Å². The molecule has 1 rings (SSSR count). The summed E-state index contributed by atoms with van der Waals surface area (Å²) in [6.45, 7) is 6.50. The van der Waals surface area contributed by atoms with Crippen LogP contribution in [0.1, 0.15) is 19.8 Å². The van der Waals surface area contributed by atoms with E-state index in [2.05, 4.69) is 23.8 Å². The molecule has 16 heavy (non-hydrogen) atoms. The normalized spacial score (nSPS) is 23.7. The van der Waals surface area contributed by atoms with Gasteiger partial charge in [-0.15, -0.1) is 0 Å². The molecule has 1 aliphatic rings. The van der Waals surface area contributed by atoms with E-state index in [4.69, 9.17) is 11.1 Å². The van der Waals surface area contributed by atoms with Gasteiger partial charge < -0.3 is 16.0 Å². The van der Waals surface area contributed by atoms with E-state index in [0.717, 1.165) is 25.2 Å². The molecule has 1 fully saturated rings. The van der Waals surface area contributed by atoms with E-state index in [1.165, 1.54) is 31.8 Å². The van der Waals surface area contributed by atoms with Crippen molar-refractivity contribution in [3.8, 4) is 0 Å². The van der Waals surface area contributed by atoms with E-state index in [1.54, 1.807) is 0 Å². The lowest BCUT2D eigenvalue weighted by Gasteiger charge is -2.37. The van der Waals surface area contributed by atoms with Crippen molar-refractivity contribution in [3.63, 3.8) is 0 Å². The Bertz CT molecular complexity index is 249. The largest absolute Gasteiger partial charge is 0.404 e. The number of nitrogens with zero attached hydrogens (tertiary/aromatic N) is 2. The van der Waals surface area contributed by atoms with Crippen LogP contribution in [0.2, 0.25) is 0 Å². The highest BCUT2D eigenvalue weighted by atomic mass is 15.2. The predicted octanol–water partition coefficient (Wildman–Crippen LogP) is 0.895. The molecule has 1 heterocycles. The predicted molar refractivity (Wildman–Crippen MR) is 68.8 cm³/mol. The fourth-order valence-corrected chi connectivity index (χ4v) is 2.24. The highest BCUT2D eigenvalue weighted by Gasteiger charge is 2.22.